The van der Waals surface area contributed by atoms with Crippen molar-refractivity contribution >= 4 is 49.4 Å². The highest BCUT2D eigenvalue weighted by molar-refractivity contribution is 7.88. The lowest BCUT2D eigenvalue weighted by molar-refractivity contribution is 0.678. The number of aryl methyl sites for hydroxylation is 1. The lowest BCUT2D eigenvalue weighted by Gasteiger charge is -2.04. The van der Waals surface area contributed by atoms with Gasteiger partial charge in [-0.15, -0.1) is 22.7 Å². The summed E-state index contributed by atoms with van der Waals surface area (Å²) in [5.41, 5.74) is 8.71. The van der Waals surface area contributed by atoms with Gasteiger partial charge in [0.05, 0.1) is 16.5 Å². The van der Waals surface area contributed by atoms with E-state index >= 15 is 0 Å². The van der Waals surface area contributed by atoms with E-state index < -0.39 is 10.8 Å². The number of rotatable bonds is 3. The van der Waals surface area contributed by atoms with Crippen molar-refractivity contribution < 1.29 is 4.21 Å². The second kappa shape index (κ2) is 5.47. The molecule has 0 bridgehead atoms. The minimum Gasteiger partial charge on any atom is -0.396 e. The quantitative estimate of drug-likeness (QED) is 0.788. The molecule has 110 valence electrons. The third kappa shape index (κ3) is 2.49. The minimum atomic E-state index is -1.09. The maximum Gasteiger partial charge on any atom is 0.141 e. The molecule has 0 aliphatic rings. The Morgan fingerprint density at radius 2 is 2.14 bits per heavy atom. The predicted molar refractivity (Wildman–Crippen MR) is 91.4 cm³/mol. The van der Waals surface area contributed by atoms with Gasteiger partial charge in [0.2, 0.25) is 0 Å². The second-order valence-corrected chi connectivity index (χ2v) is 9.09. The SMILES string of the molecule is Cc1cc(-c2nccs2)nc2sc(S(=O)C(C)C)c(N)c12. The summed E-state index contributed by atoms with van der Waals surface area (Å²) in [6, 6.07) is 1.99. The molecule has 1 unspecified atom stereocenters. The molecule has 0 radical (unpaired) electrons. The predicted octanol–water partition coefficient (Wildman–Crippen LogP) is 3.83. The fourth-order valence-corrected chi connectivity index (χ4v) is 5.50. The van der Waals surface area contributed by atoms with Gasteiger partial charge in [-0.1, -0.05) is 13.8 Å². The van der Waals surface area contributed by atoms with Crippen molar-refractivity contribution in [3.63, 3.8) is 0 Å². The van der Waals surface area contributed by atoms with E-state index in [0.717, 1.165) is 30.7 Å². The number of anilines is 1. The Bertz CT molecular complexity index is 822. The van der Waals surface area contributed by atoms with Gasteiger partial charge in [-0.3, -0.25) is 4.21 Å². The van der Waals surface area contributed by atoms with Crippen LogP contribution in [0.2, 0.25) is 0 Å². The molecule has 0 aliphatic heterocycles. The summed E-state index contributed by atoms with van der Waals surface area (Å²) in [6.45, 7) is 5.87. The highest BCUT2D eigenvalue weighted by atomic mass is 32.2. The third-order valence-corrected chi connectivity index (χ3v) is 7.00. The molecule has 0 saturated heterocycles. The van der Waals surface area contributed by atoms with Gasteiger partial charge in [0.1, 0.15) is 19.7 Å². The molecule has 21 heavy (non-hydrogen) atoms. The van der Waals surface area contributed by atoms with Crippen molar-refractivity contribution in [3.05, 3.63) is 23.2 Å². The number of fused-ring (bicyclic) bond motifs is 1. The molecule has 3 aromatic heterocycles. The van der Waals surface area contributed by atoms with Crippen LogP contribution in [0.15, 0.2) is 21.9 Å². The Kier molecular flexibility index (Phi) is 3.81. The first-order chi connectivity index (χ1) is 9.99. The molecular formula is C14H15N3OS3. The molecule has 7 heteroatoms. The lowest BCUT2D eigenvalue weighted by Crippen LogP contribution is -2.05. The second-order valence-electron chi connectivity index (χ2n) is 4.99. The Hall–Kier alpha value is -1.31. The van der Waals surface area contributed by atoms with Crippen LogP contribution in [-0.2, 0) is 10.8 Å². The van der Waals surface area contributed by atoms with Crippen molar-refractivity contribution in [2.75, 3.05) is 5.73 Å². The Balaban J connectivity index is 2.22. The molecule has 4 nitrogen and oxygen atoms in total. The van der Waals surface area contributed by atoms with E-state index in [-0.39, 0.29) is 5.25 Å². The maximum atomic E-state index is 12.4. The zero-order chi connectivity index (χ0) is 15.1. The summed E-state index contributed by atoms with van der Waals surface area (Å²) in [5.74, 6) is 0. The van der Waals surface area contributed by atoms with Crippen LogP contribution in [0.5, 0.6) is 0 Å². The summed E-state index contributed by atoms with van der Waals surface area (Å²) in [4.78, 5) is 9.79. The maximum absolute atomic E-state index is 12.4. The van der Waals surface area contributed by atoms with Crippen molar-refractivity contribution in [2.24, 2.45) is 0 Å². The van der Waals surface area contributed by atoms with Gasteiger partial charge in [-0.25, -0.2) is 9.97 Å². The zero-order valence-electron chi connectivity index (χ0n) is 11.9. The van der Waals surface area contributed by atoms with Crippen LogP contribution in [0.4, 0.5) is 5.69 Å². The average molecular weight is 337 g/mol. The largest absolute Gasteiger partial charge is 0.396 e. The highest BCUT2D eigenvalue weighted by Crippen LogP contribution is 2.39. The number of thiazole rings is 1. The number of nitrogens with two attached hydrogens (primary N) is 1. The molecule has 1 atom stereocenters. The number of hydrogen-bond acceptors (Lipinski definition) is 6. The number of nitrogens with zero attached hydrogens (tertiary/aromatic N) is 2. The molecule has 2 N–H and O–H groups in total. The molecular weight excluding hydrogens is 322 g/mol. The van der Waals surface area contributed by atoms with Crippen LogP contribution >= 0.6 is 22.7 Å². The van der Waals surface area contributed by atoms with Crippen molar-refractivity contribution in [2.45, 2.75) is 30.2 Å². The Morgan fingerprint density at radius 1 is 1.38 bits per heavy atom. The number of nitrogen functional groups attached to an aromatic ring is 1. The van der Waals surface area contributed by atoms with Crippen molar-refractivity contribution in [1.82, 2.24) is 9.97 Å². The Morgan fingerprint density at radius 3 is 2.76 bits per heavy atom. The zero-order valence-corrected chi connectivity index (χ0v) is 14.4. The van der Waals surface area contributed by atoms with Crippen LogP contribution in [0, 0.1) is 6.92 Å². The Labute approximate surface area is 133 Å². The van der Waals surface area contributed by atoms with Crippen LogP contribution in [-0.4, -0.2) is 19.4 Å². The summed E-state index contributed by atoms with van der Waals surface area (Å²) >= 11 is 2.98. The number of pyridine rings is 1. The molecule has 0 spiro atoms. The molecule has 3 aromatic rings. The van der Waals surface area contributed by atoms with Crippen molar-refractivity contribution in [1.29, 1.82) is 0 Å². The van der Waals surface area contributed by atoms with Gasteiger partial charge in [0, 0.05) is 22.2 Å². The molecule has 0 saturated carbocycles. The van der Waals surface area contributed by atoms with Gasteiger partial charge >= 0.3 is 0 Å². The normalized spacial score (nSPS) is 13.1. The number of aromatic nitrogens is 2. The van der Waals surface area contributed by atoms with Crippen LogP contribution < -0.4 is 5.73 Å². The molecule has 0 amide bonds. The fraction of sp³-hybridized carbons (Fsp3) is 0.286. The first kappa shape index (κ1) is 14.6. The first-order valence-electron chi connectivity index (χ1n) is 6.49. The van der Waals surface area contributed by atoms with E-state index in [2.05, 4.69) is 9.97 Å². The van der Waals surface area contributed by atoms with Gasteiger partial charge in [-0.05, 0) is 18.6 Å². The van der Waals surface area contributed by atoms with Crippen LogP contribution in [0.3, 0.4) is 0 Å². The van der Waals surface area contributed by atoms with Crippen LogP contribution in [0.1, 0.15) is 19.4 Å². The van der Waals surface area contributed by atoms with Gasteiger partial charge < -0.3 is 5.73 Å². The summed E-state index contributed by atoms with van der Waals surface area (Å²) in [6.07, 6.45) is 1.77. The lowest BCUT2D eigenvalue weighted by atomic mass is 10.1. The molecule has 3 heterocycles. The molecule has 0 fully saturated rings. The summed E-state index contributed by atoms with van der Waals surface area (Å²) in [7, 11) is -1.09. The van der Waals surface area contributed by atoms with E-state index in [1.807, 2.05) is 32.2 Å². The fourth-order valence-electron chi connectivity index (χ4n) is 2.11. The van der Waals surface area contributed by atoms with E-state index in [1.54, 1.807) is 17.5 Å². The van der Waals surface area contributed by atoms with Gasteiger partial charge in [0.15, 0.2) is 0 Å². The van der Waals surface area contributed by atoms with Gasteiger partial charge in [-0.2, -0.15) is 0 Å². The molecule has 3 rings (SSSR count). The smallest absolute Gasteiger partial charge is 0.141 e. The molecule has 0 aliphatic carbocycles. The summed E-state index contributed by atoms with van der Waals surface area (Å²) < 4.78 is 13.1. The van der Waals surface area contributed by atoms with E-state index in [4.69, 9.17) is 5.73 Å². The minimum absolute atomic E-state index is 0.0408. The van der Waals surface area contributed by atoms with Crippen molar-refractivity contribution in [3.8, 4) is 10.7 Å². The van der Waals surface area contributed by atoms with E-state index in [9.17, 15) is 4.21 Å². The molecule has 0 aromatic carbocycles. The third-order valence-electron chi connectivity index (χ3n) is 3.12. The standard InChI is InChI=1S/C14H15N3OS3/c1-7(2)21(18)14-11(15)10-8(3)6-9(17-13(10)20-14)12-16-4-5-19-12/h4-7H,15H2,1-3H3. The van der Waals surface area contributed by atoms with Gasteiger partial charge in [0.25, 0.3) is 0 Å². The summed E-state index contributed by atoms with van der Waals surface area (Å²) in [5, 5.41) is 3.78. The first-order valence-corrected chi connectivity index (χ1v) is 9.40. The monoisotopic (exact) mass is 337 g/mol. The highest BCUT2D eigenvalue weighted by Gasteiger charge is 2.20. The van der Waals surface area contributed by atoms with E-state index in [0.29, 0.717) is 5.69 Å². The topological polar surface area (TPSA) is 68.9 Å². The van der Waals surface area contributed by atoms with E-state index in [1.165, 1.54) is 11.3 Å². The number of thiophene rings is 1. The number of hydrogen-bond donors (Lipinski definition) is 1. The average Bonchev–Trinajstić information content (AvgIpc) is 3.06. The van der Waals surface area contributed by atoms with Crippen LogP contribution in [0.25, 0.3) is 20.9 Å².